The monoisotopic (exact) mass is 598 g/mol. The first-order valence-corrected chi connectivity index (χ1v) is 12.2. The number of aliphatic carboxylic acids is 1. The lowest BCUT2D eigenvalue weighted by molar-refractivity contribution is -0.423. The summed E-state index contributed by atoms with van der Waals surface area (Å²) in [6, 6.07) is 11.8. The summed E-state index contributed by atoms with van der Waals surface area (Å²) < 4.78 is 105. The molecule has 1 atom stereocenters. The fraction of sp³-hybridized carbons (Fsp3) is 0.462. The van der Waals surface area contributed by atoms with Gasteiger partial charge in [0.25, 0.3) is 0 Å². The van der Waals surface area contributed by atoms with Crippen molar-refractivity contribution in [2.75, 3.05) is 38.2 Å². The van der Waals surface area contributed by atoms with Gasteiger partial charge in [0.2, 0.25) is 0 Å². The van der Waals surface area contributed by atoms with Crippen molar-refractivity contribution < 1.29 is 59.6 Å². The molecule has 2 aromatic carbocycles. The lowest BCUT2D eigenvalue weighted by Crippen LogP contribution is -2.54. The van der Waals surface area contributed by atoms with E-state index in [1.165, 1.54) is 12.1 Å². The minimum absolute atomic E-state index is 0.0916. The molecule has 228 valence electrons. The number of benzene rings is 2. The maximum atomic E-state index is 13.5. The molecule has 2 rings (SSSR count). The third-order valence-corrected chi connectivity index (χ3v) is 5.66. The quantitative estimate of drug-likeness (QED) is 0.254. The Balaban J connectivity index is 2.05. The van der Waals surface area contributed by atoms with E-state index in [-0.39, 0.29) is 26.2 Å². The van der Waals surface area contributed by atoms with Crippen LogP contribution in [0.2, 0.25) is 0 Å². The van der Waals surface area contributed by atoms with E-state index in [2.05, 4.69) is 10.1 Å². The van der Waals surface area contributed by atoms with Gasteiger partial charge in [0, 0.05) is 25.3 Å². The SMILES string of the molecule is CCOC(Cc1ccc(OCCN(CCOC(F)(F)C(F)(F)C(F)(F)F)C(=O)Nc2ccccc2C)cc1)C(=O)O. The number of rotatable bonds is 15. The first-order chi connectivity index (χ1) is 19.1. The van der Waals surface area contributed by atoms with Crippen LogP contribution in [0.1, 0.15) is 18.1 Å². The van der Waals surface area contributed by atoms with Crippen molar-refractivity contribution in [3.8, 4) is 5.75 Å². The van der Waals surface area contributed by atoms with E-state index in [4.69, 9.17) is 9.47 Å². The van der Waals surface area contributed by atoms with Gasteiger partial charge in [-0.3, -0.25) is 0 Å². The van der Waals surface area contributed by atoms with E-state index in [0.29, 0.717) is 22.6 Å². The fourth-order valence-corrected chi connectivity index (χ4v) is 3.39. The number of carboxylic acid groups (broad SMARTS) is 1. The molecule has 0 aliphatic rings. The predicted octanol–water partition coefficient (Wildman–Crippen LogP) is 5.75. The number of hydrogen-bond donors (Lipinski definition) is 2. The Kier molecular flexibility index (Phi) is 11.8. The van der Waals surface area contributed by atoms with Crippen LogP contribution in [-0.2, 0) is 20.7 Å². The molecule has 0 saturated carbocycles. The number of carbonyl (C=O) groups is 2. The number of carbonyl (C=O) groups excluding carboxylic acids is 1. The molecule has 0 aliphatic carbocycles. The second kappa shape index (κ2) is 14.3. The molecule has 0 fully saturated rings. The minimum Gasteiger partial charge on any atom is -0.492 e. The zero-order chi connectivity index (χ0) is 30.8. The summed E-state index contributed by atoms with van der Waals surface area (Å²) in [4.78, 5) is 24.9. The second-order valence-electron chi connectivity index (χ2n) is 8.65. The van der Waals surface area contributed by atoms with E-state index in [1.54, 1.807) is 50.2 Å². The number of amides is 2. The number of urea groups is 1. The highest BCUT2D eigenvalue weighted by atomic mass is 19.4. The third-order valence-electron chi connectivity index (χ3n) is 5.66. The van der Waals surface area contributed by atoms with Crippen molar-refractivity contribution in [1.82, 2.24) is 4.90 Å². The molecule has 0 saturated heterocycles. The van der Waals surface area contributed by atoms with Gasteiger partial charge in [0.15, 0.2) is 6.10 Å². The lowest BCUT2D eigenvalue weighted by Gasteiger charge is -2.29. The van der Waals surface area contributed by atoms with Crippen LogP contribution >= 0.6 is 0 Å². The summed E-state index contributed by atoms with van der Waals surface area (Å²) in [7, 11) is 0. The summed E-state index contributed by atoms with van der Waals surface area (Å²) in [5, 5.41) is 11.7. The molecule has 2 aromatic rings. The molecule has 15 heteroatoms. The highest BCUT2D eigenvalue weighted by Crippen LogP contribution is 2.46. The topological polar surface area (TPSA) is 97.3 Å². The molecule has 8 nitrogen and oxygen atoms in total. The van der Waals surface area contributed by atoms with Crippen molar-refractivity contribution in [2.45, 2.75) is 44.6 Å². The third kappa shape index (κ3) is 9.49. The zero-order valence-corrected chi connectivity index (χ0v) is 22.0. The maximum absolute atomic E-state index is 13.5. The van der Waals surface area contributed by atoms with Crippen LogP contribution in [0, 0.1) is 6.92 Å². The number of alkyl halides is 7. The zero-order valence-electron chi connectivity index (χ0n) is 22.0. The van der Waals surface area contributed by atoms with Gasteiger partial charge in [-0.25, -0.2) is 9.59 Å². The predicted molar refractivity (Wildman–Crippen MR) is 132 cm³/mol. The first-order valence-electron chi connectivity index (χ1n) is 12.2. The van der Waals surface area contributed by atoms with Gasteiger partial charge in [-0.15, -0.1) is 0 Å². The van der Waals surface area contributed by atoms with Crippen LogP contribution < -0.4 is 10.1 Å². The first kappa shape index (κ1) is 33.6. The number of hydrogen-bond acceptors (Lipinski definition) is 5. The van der Waals surface area contributed by atoms with Crippen LogP contribution in [0.5, 0.6) is 5.75 Å². The van der Waals surface area contributed by atoms with Crippen LogP contribution in [0.15, 0.2) is 48.5 Å². The standard InChI is InChI=1S/C26H29F7N2O6/c1-3-39-21(22(36)37)16-18-8-10-19(11-9-18)40-14-12-35(23(38)34-20-7-5-4-6-17(20)2)13-15-41-26(32,33)24(27,28)25(29,30)31/h4-11,21H,3,12-16H2,1-2H3,(H,34,38)(H,36,37). The Bertz CT molecular complexity index is 1150. The molecular formula is C26H29F7N2O6. The van der Waals surface area contributed by atoms with Gasteiger partial charge in [0.1, 0.15) is 12.4 Å². The molecular weight excluding hydrogens is 569 g/mol. The fourth-order valence-electron chi connectivity index (χ4n) is 3.39. The van der Waals surface area contributed by atoms with Gasteiger partial charge in [-0.2, -0.15) is 30.7 Å². The van der Waals surface area contributed by atoms with E-state index in [9.17, 15) is 45.4 Å². The van der Waals surface area contributed by atoms with Gasteiger partial charge < -0.3 is 29.5 Å². The Hall–Kier alpha value is -3.59. The molecule has 0 heterocycles. The summed E-state index contributed by atoms with van der Waals surface area (Å²) >= 11 is 0. The second-order valence-corrected chi connectivity index (χ2v) is 8.65. The van der Waals surface area contributed by atoms with Gasteiger partial charge in [-0.1, -0.05) is 30.3 Å². The molecule has 1 unspecified atom stereocenters. The van der Waals surface area contributed by atoms with Crippen molar-refractivity contribution in [3.05, 3.63) is 59.7 Å². The molecule has 0 spiro atoms. The van der Waals surface area contributed by atoms with Crippen molar-refractivity contribution in [3.63, 3.8) is 0 Å². The molecule has 0 aliphatic heterocycles. The van der Waals surface area contributed by atoms with Gasteiger partial charge in [-0.05, 0) is 43.2 Å². The summed E-state index contributed by atoms with van der Waals surface area (Å²) in [5.74, 6) is -7.28. The average molecular weight is 599 g/mol. The van der Waals surface area contributed by atoms with Crippen molar-refractivity contribution in [1.29, 1.82) is 0 Å². The highest BCUT2D eigenvalue weighted by Gasteiger charge is 2.74. The number of nitrogens with zero attached hydrogens (tertiary/aromatic N) is 1. The van der Waals surface area contributed by atoms with Crippen LogP contribution in [-0.4, -0.2) is 79.2 Å². The largest absolute Gasteiger partial charge is 0.492 e. The minimum atomic E-state index is -6.56. The number of nitrogens with one attached hydrogen (secondary N) is 1. The Labute approximate surface area is 231 Å². The van der Waals surface area contributed by atoms with E-state index in [1.807, 2.05) is 0 Å². The number of aryl methyl sites for hydroxylation is 1. The number of carboxylic acids is 1. The number of anilines is 1. The molecule has 0 radical (unpaired) electrons. The number of halogens is 7. The highest BCUT2D eigenvalue weighted by molar-refractivity contribution is 5.90. The molecule has 0 bridgehead atoms. The average Bonchev–Trinajstić information content (AvgIpc) is 2.88. The van der Waals surface area contributed by atoms with Gasteiger partial charge >= 0.3 is 30.2 Å². The summed E-state index contributed by atoms with van der Waals surface area (Å²) in [5.41, 5.74) is 1.62. The summed E-state index contributed by atoms with van der Waals surface area (Å²) in [6.45, 7) is 0.883. The smallest absolute Gasteiger partial charge is 0.462 e. The number of ether oxygens (including phenoxy) is 3. The van der Waals surface area contributed by atoms with E-state index < -0.39 is 49.5 Å². The Morgan fingerprint density at radius 1 is 0.951 bits per heavy atom. The van der Waals surface area contributed by atoms with Crippen molar-refractivity contribution >= 4 is 17.7 Å². The maximum Gasteiger partial charge on any atom is 0.462 e. The van der Waals surface area contributed by atoms with Crippen LogP contribution in [0.25, 0.3) is 0 Å². The van der Waals surface area contributed by atoms with Crippen molar-refractivity contribution in [2.24, 2.45) is 0 Å². The Morgan fingerprint density at radius 3 is 2.12 bits per heavy atom. The molecule has 41 heavy (non-hydrogen) atoms. The van der Waals surface area contributed by atoms with Gasteiger partial charge in [0.05, 0.1) is 13.2 Å². The lowest BCUT2D eigenvalue weighted by atomic mass is 10.1. The number of para-hydroxylation sites is 1. The molecule has 2 N–H and O–H groups in total. The normalized spacial score (nSPS) is 13.0. The Morgan fingerprint density at radius 2 is 1.56 bits per heavy atom. The molecule has 2 amide bonds. The van der Waals surface area contributed by atoms with E-state index in [0.717, 1.165) is 4.90 Å². The summed E-state index contributed by atoms with van der Waals surface area (Å²) in [6.07, 6.45) is -13.4. The van der Waals surface area contributed by atoms with Crippen LogP contribution in [0.4, 0.5) is 41.2 Å². The molecule has 0 aromatic heterocycles. The van der Waals surface area contributed by atoms with E-state index >= 15 is 0 Å². The van der Waals surface area contributed by atoms with Crippen LogP contribution in [0.3, 0.4) is 0 Å².